The number of nitro groups is 1. The molecular formula is C13H10Br2N2O2. The molecule has 0 atom stereocenters. The summed E-state index contributed by atoms with van der Waals surface area (Å²) in [5.41, 5.74) is 1.66. The molecule has 0 aliphatic rings. The number of anilines is 1. The third-order valence-electron chi connectivity index (χ3n) is 2.55. The fraction of sp³-hybridized carbons (Fsp3) is 0.0769. The van der Waals surface area contributed by atoms with Gasteiger partial charge in [-0.05, 0) is 30.3 Å². The minimum atomic E-state index is -0.372. The third-order valence-corrected chi connectivity index (χ3v) is 3.54. The summed E-state index contributed by atoms with van der Waals surface area (Å²) in [5.74, 6) is 0. The number of nitrogens with zero attached hydrogens (tertiary/aromatic N) is 1. The maximum Gasteiger partial charge on any atom is 0.275 e. The molecule has 1 N–H and O–H groups in total. The largest absolute Gasteiger partial charge is 0.381 e. The van der Waals surface area contributed by atoms with Gasteiger partial charge >= 0.3 is 0 Å². The minimum Gasteiger partial charge on any atom is -0.381 e. The fourth-order valence-corrected chi connectivity index (χ4v) is 2.40. The predicted molar refractivity (Wildman–Crippen MR) is 82.3 cm³/mol. The van der Waals surface area contributed by atoms with Crippen LogP contribution in [0.2, 0.25) is 0 Å². The van der Waals surface area contributed by atoms with Crippen molar-refractivity contribution < 1.29 is 4.92 Å². The number of halogens is 2. The van der Waals surface area contributed by atoms with Gasteiger partial charge in [0.1, 0.15) is 0 Å². The van der Waals surface area contributed by atoms with Crippen molar-refractivity contribution in [2.24, 2.45) is 0 Å². The van der Waals surface area contributed by atoms with E-state index in [9.17, 15) is 10.1 Å². The zero-order valence-corrected chi connectivity index (χ0v) is 12.9. The summed E-state index contributed by atoms with van der Waals surface area (Å²) < 4.78 is 1.66. The van der Waals surface area contributed by atoms with Crippen LogP contribution in [0, 0.1) is 10.1 Å². The SMILES string of the molecule is O=[N+]([O-])c1cc(Br)ccc1CNc1cccc(Br)c1. The van der Waals surface area contributed by atoms with E-state index in [4.69, 9.17) is 0 Å². The molecule has 0 radical (unpaired) electrons. The first-order chi connectivity index (χ1) is 9.06. The summed E-state index contributed by atoms with van der Waals surface area (Å²) in [6.07, 6.45) is 0. The summed E-state index contributed by atoms with van der Waals surface area (Å²) in [6, 6.07) is 12.7. The third kappa shape index (κ3) is 3.78. The summed E-state index contributed by atoms with van der Waals surface area (Å²) in [5, 5.41) is 14.2. The Morgan fingerprint density at radius 3 is 2.53 bits per heavy atom. The van der Waals surface area contributed by atoms with Crippen molar-refractivity contribution in [2.45, 2.75) is 6.54 Å². The van der Waals surface area contributed by atoms with E-state index < -0.39 is 0 Å². The molecule has 0 fully saturated rings. The summed E-state index contributed by atoms with van der Waals surface area (Å²) in [7, 11) is 0. The van der Waals surface area contributed by atoms with Crippen molar-refractivity contribution in [2.75, 3.05) is 5.32 Å². The van der Waals surface area contributed by atoms with Gasteiger partial charge in [-0.25, -0.2) is 0 Å². The lowest BCUT2D eigenvalue weighted by Gasteiger charge is -2.07. The number of benzene rings is 2. The molecule has 0 saturated carbocycles. The van der Waals surface area contributed by atoms with Crippen molar-refractivity contribution in [3.05, 3.63) is 67.1 Å². The van der Waals surface area contributed by atoms with E-state index in [-0.39, 0.29) is 10.6 Å². The van der Waals surface area contributed by atoms with E-state index in [0.29, 0.717) is 16.6 Å². The molecule has 2 aromatic carbocycles. The minimum absolute atomic E-state index is 0.108. The Bertz CT molecular complexity index is 617. The van der Waals surface area contributed by atoms with Gasteiger partial charge in [-0.3, -0.25) is 10.1 Å². The molecule has 0 unspecified atom stereocenters. The Morgan fingerprint density at radius 1 is 1.11 bits per heavy atom. The van der Waals surface area contributed by atoms with Crippen LogP contribution in [-0.2, 0) is 6.54 Å². The van der Waals surface area contributed by atoms with Gasteiger partial charge in [0.15, 0.2) is 0 Å². The zero-order chi connectivity index (χ0) is 13.8. The highest BCUT2D eigenvalue weighted by atomic mass is 79.9. The highest BCUT2D eigenvalue weighted by molar-refractivity contribution is 9.10. The Morgan fingerprint density at radius 2 is 1.84 bits per heavy atom. The van der Waals surface area contributed by atoms with E-state index in [1.807, 2.05) is 24.3 Å². The lowest BCUT2D eigenvalue weighted by molar-refractivity contribution is -0.385. The zero-order valence-electron chi connectivity index (χ0n) is 9.77. The molecule has 0 aliphatic heterocycles. The average Bonchev–Trinajstić information content (AvgIpc) is 2.37. The first kappa shape index (κ1) is 14.0. The molecule has 2 rings (SSSR count). The molecule has 19 heavy (non-hydrogen) atoms. The van der Waals surface area contributed by atoms with Gasteiger partial charge in [0, 0.05) is 32.8 Å². The molecule has 0 aliphatic carbocycles. The van der Waals surface area contributed by atoms with E-state index in [1.165, 1.54) is 6.07 Å². The molecule has 98 valence electrons. The van der Waals surface area contributed by atoms with Crippen LogP contribution in [-0.4, -0.2) is 4.92 Å². The van der Waals surface area contributed by atoms with E-state index in [0.717, 1.165) is 10.2 Å². The predicted octanol–water partition coefficient (Wildman–Crippen LogP) is 4.73. The summed E-state index contributed by atoms with van der Waals surface area (Å²) >= 11 is 6.62. The van der Waals surface area contributed by atoms with Crippen molar-refractivity contribution in [3.8, 4) is 0 Å². The fourth-order valence-electron chi connectivity index (χ4n) is 1.65. The first-order valence-electron chi connectivity index (χ1n) is 5.48. The van der Waals surface area contributed by atoms with Crippen molar-refractivity contribution >= 4 is 43.2 Å². The van der Waals surface area contributed by atoms with Crippen molar-refractivity contribution in [1.82, 2.24) is 0 Å². The van der Waals surface area contributed by atoms with Crippen LogP contribution >= 0.6 is 31.9 Å². The van der Waals surface area contributed by atoms with Crippen LogP contribution in [0.5, 0.6) is 0 Å². The maximum atomic E-state index is 11.0. The molecule has 6 heteroatoms. The van der Waals surface area contributed by atoms with Crippen molar-refractivity contribution in [1.29, 1.82) is 0 Å². The second kappa shape index (κ2) is 6.16. The van der Waals surface area contributed by atoms with Gasteiger partial charge in [0.05, 0.1) is 4.92 Å². The van der Waals surface area contributed by atoms with Crippen LogP contribution in [0.25, 0.3) is 0 Å². The number of nitrogens with one attached hydrogen (secondary N) is 1. The van der Waals surface area contributed by atoms with Gasteiger partial charge in [-0.1, -0.05) is 37.9 Å². The van der Waals surface area contributed by atoms with Gasteiger partial charge < -0.3 is 5.32 Å². The monoisotopic (exact) mass is 384 g/mol. The molecule has 2 aromatic rings. The number of nitro benzene ring substituents is 1. The summed E-state index contributed by atoms with van der Waals surface area (Å²) in [4.78, 5) is 10.6. The average molecular weight is 386 g/mol. The van der Waals surface area contributed by atoms with Gasteiger partial charge in [-0.15, -0.1) is 0 Å². The Hall–Kier alpha value is -1.40. The highest BCUT2D eigenvalue weighted by Crippen LogP contribution is 2.25. The highest BCUT2D eigenvalue weighted by Gasteiger charge is 2.13. The second-order valence-electron chi connectivity index (χ2n) is 3.89. The van der Waals surface area contributed by atoms with Gasteiger partial charge in [0.25, 0.3) is 5.69 Å². The molecule has 0 spiro atoms. The quantitative estimate of drug-likeness (QED) is 0.611. The van der Waals surface area contributed by atoms with Crippen LogP contribution in [0.4, 0.5) is 11.4 Å². The number of hydrogen-bond acceptors (Lipinski definition) is 3. The Balaban J connectivity index is 2.17. The molecule has 0 aromatic heterocycles. The standard InChI is InChI=1S/C13H10Br2N2O2/c14-10-2-1-3-12(6-10)16-8-9-4-5-11(15)7-13(9)17(18)19/h1-7,16H,8H2. The van der Waals surface area contributed by atoms with E-state index >= 15 is 0 Å². The van der Waals surface area contributed by atoms with Crippen LogP contribution in [0.15, 0.2) is 51.4 Å². The second-order valence-corrected chi connectivity index (χ2v) is 5.73. The molecule has 4 nitrogen and oxygen atoms in total. The topological polar surface area (TPSA) is 55.2 Å². The first-order valence-corrected chi connectivity index (χ1v) is 7.07. The van der Waals surface area contributed by atoms with Crippen LogP contribution in [0.3, 0.4) is 0 Å². The lowest BCUT2D eigenvalue weighted by atomic mass is 10.2. The van der Waals surface area contributed by atoms with Gasteiger partial charge in [0.2, 0.25) is 0 Å². The van der Waals surface area contributed by atoms with Crippen LogP contribution < -0.4 is 5.32 Å². The molecular weight excluding hydrogens is 376 g/mol. The molecule has 0 saturated heterocycles. The van der Waals surface area contributed by atoms with E-state index in [2.05, 4.69) is 37.2 Å². The molecule has 0 amide bonds. The van der Waals surface area contributed by atoms with Crippen LogP contribution in [0.1, 0.15) is 5.56 Å². The smallest absolute Gasteiger partial charge is 0.275 e. The van der Waals surface area contributed by atoms with Crippen molar-refractivity contribution in [3.63, 3.8) is 0 Å². The van der Waals surface area contributed by atoms with Gasteiger partial charge in [-0.2, -0.15) is 0 Å². The maximum absolute atomic E-state index is 11.0. The van der Waals surface area contributed by atoms with E-state index in [1.54, 1.807) is 12.1 Å². The Labute approximate surface area is 127 Å². The lowest BCUT2D eigenvalue weighted by Crippen LogP contribution is -2.03. The number of hydrogen-bond donors (Lipinski definition) is 1. The summed E-state index contributed by atoms with van der Waals surface area (Å²) in [6.45, 7) is 0.403. The number of rotatable bonds is 4. The molecule has 0 heterocycles. The normalized spacial score (nSPS) is 10.2. The molecule has 0 bridgehead atoms. The Kier molecular flexibility index (Phi) is 4.55.